The van der Waals surface area contributed by atoms with Gasteiger partial charge >= 0.3 is 0 Å². The van der Waals surface area contributed by atoms with E-state index in [9.17, 15) is 0 Å². The average molecular weight is 280 g/mol. The van der Waals surface area contributed by atoms with Crippen molar-refractivity contribution in [3.63, 3.8) is 0 Å². The van der Waals surface area contributed by atoms with E-state index in [1.54, 1.807) is 7.11 Å². The summed E-state index contributed by atoms with van der Waals surface area (Å²) in [4.78, 5) is 0. The number of aliphatic hydroxyl groups is 1. The van der Waals surface area contributed by atoms with Crippen molar-refractivity contribution in [1.82, 2.24) is 5.32 Å². The fourth-order valence-electron chi connectivity index (χ4n) is 2.40. The number of aliphatic hydroxyl groups excluding tert-OH is 1. The fraction of sp³-hybridized carbons (Fsp3) is 0.625. The highest BCUT2D eigenvalue weighted by Gasteiger charge is 2.25. The van der Waals surface area contributed by atoms with Crippen molar-refractivity contribution >= 4 is 0 Å². The Morgan fingerprint density at radius 3 is 2.45 bits per heavy atom. The maximum atomic E-state index is 9.10. The first-order valence-electron chi connectivity index (χ1n) is 7.28. The minimum absolute atomic E-state index is 0.162. The van der Waals surface area contributed by atoms with Crippen LogP contribution in [-0.2, 0) is 6.42 Å². The summed E-state index contributed by atoms with van der Waals surface area (Å²) in [5.74, 6) is 0.864. The highest BCUT2D eigenvalue weighted by atomic mass is 16.5. The average Bonchev–Trinajstić information content (AvgIpc) is 2.47. The molecule has 114 valence electrons. The second kappa shape index (κ2) is 8.25. The molecule has 2 atom stereocenters. The molecule has 1 rings (SSSR count). The Bertz CT molecular complexity index is 381. The normalized spacial score (nSPS) is 15.7. The predicted molar refractivity (Wildman–Crippen MR) is 83.1 cm³/mol. The lowest BCUT2D eigenvalue weighted by molar-refractivity contribution is 0.233. The molecule has 0 aliphatic heterocycles. The summed E-state index contributed by atoms with van der Waals surface area (Å²) in [5, 5.41) is 12.7. The third kappa shape index (κ3) is 5.12. The van der Waals surface area contributed by atoms with Gasteiger partial charge in [0.2, 0.25) is 0 Å². The van der Waals surface area contributed by atoms with Crippen LogP contribution in [-0.4, -0.2) is 36.9 Å². The molecule has 4 nitrogen and oxygen atoms in total. The second-order valence-corrected chi connectivity index (χ2v) is 5.55. The monoisotopic (exact) mass is 280 g/mol. The van der Waals surface area contributed by atoms with E-state index in [1.807, 2.05) is 12.1 Å². The number of hydrogen-bond acceptors (Lipinski definition) is 4. The van der Waals surface area contributed by atoms with Gasteiger partial charge in [0.15, 0.2) is 0 Å². The van der Waals surface area contributed by atoms with Gasteiger partial charge in [-0.1, -0.05) is 19.1 Å². The maximum absolute atomic E-state index is 9.10. The molecule has 0 spiro atoms. The maximum Gasteiger partial charge on any atom is 0.118 e. The van der Waals surface area contributed by atoms with Crippen LogP contribution in [0.25, 0.3) is 0 Å². The molecule has 0 aromatic heterocycles. The van der Waals surface area contributed by atoms with E-state index >= 15 is 0 Å². The third-order valence-electron chi connectivity index (χ3n) is 3.73. The van der Waals surface area contributed by atoms with E-state index in [0.717, 1.165) is 25.0 Å². The van der Waals surface area contributed by atoms with E-state index < -0.39 is 0 Å². The lowest BCUT2D eigenvalue weighted by atomic mass is 9.91. The van der Waals surface area contributed by atoms with E-state index in [0.29, 0.717) is 12.6 Å². The number of methoxy groups -OCH3 is 1. The summed E-state index contributed by atoms with van der Waals surface area (Å²) >= 11 is 0. The summed E-state index contributed by atoms with van der Waals surface area (Å²) in [5.41, 5.74) is 7.03. The van der Waals surface area contributed by atoms with E-state index in [1.165, 1.54) is 5.56 Å². The molecule has 1 aromatic rings. The molecule has 0 saturated heterocycles. The molecule has 0 aliphatic carbocycles. The molecule has 4 N–H and O–H groups in total. The molecule has 1 aromatic carbocycles. The lowest BCUT2D eigenvalue weighted by Crippen LogP contribution is -2.54. The number of nitrogens with one attached hydrogen (secondary N) is 1. The number of ether oxygens (including phenoxy) is 1. The van der Waals surface area contributed by atoms with Gasteiger partial charge in [-0.2, -0.15) is 0 Å². The SMILES string of the molecule is CCC(CCO)NC(C)(CN)Cc1ccc(OC)cc1. The smallest absolute Gasteiger partial charge is 0.118 e. The summed E-state index contributed by atoms with van der Waals surface area (Å²) < 4.78 is 5.17. The number of hydrogen-bond donors (Lipinski definition) is 3. The third-order valence-corrected chi connectivity index (χ3v) is 3.73. The van der Waals surface area contributed by atoms with Crippen LogP contribution >= 0.6 is 0 Å². The predicted octanol–water partition coefficient (Wildman–Crippen LogP) is 1.71. The number of nitrogens with two attached hydrogens (primary N) is 1. The summed E-state index contributed by atoms with van der Waals surface area (Å²) in [6.45, 7) is 5.02. The standard InChI is InChI=1S/C16H28N2O2/c1-4-14(9-10-19)18-16(2,12-17)11-13-5-7-15(20-3)8-6-13/h5-8,14,18-19H,4,9-12,17H2,1-3H3. The Morgan fingerprint density at radius 2 is 2.00 bits per heavy atom. The van der Waals surface area contributed by atoms with Crippen LogP contribution in [0.4, 0.5) is 0 Å². The van der Waals surface area contributed by atoms with Crippen LogP contribution in [0, 0.1) is 0 Å². The van der Waals surface area contributed by atoms with Crippen LogP contribution in [0.2, 0.25) is 0 Å². The Kier molecular flexibility index (Phi) is 6.99. The molecule has 0 bridgehead atoms. The number of rotatable bonds is 9. The van der Waals surface area contributed by atoms with Crippen LogP contribution in [0.5, 0.6) is 5.75 Å². The number of benzene rings is 1. The van der Waals surface area contributed by atoms with Crippen LogP contribution in [0.15, 0.2) is 24.3 Å². The van der Waals surface area contributed by atoms with Gasteiger partial charge in [-0.15, -0.1) is 0 Å². The zero-order valence-electron chi connectivity index (χ0n) is 12.9. The van der Waals surface area contributed by atoms with Crippen molar-refractivity contribution in [3.05, 3.63) is 29.8 Å². The van der Waals surface area contributed by atoms with Gasteiger partial charge in [-0.05, 0) is 43.9 Å². The van der Waals surface area contributed by atoms with Crippen molar-refractivity contribution in [2.45, 2.75) is 44.7 Å². The molecular formula is C16H28N2O2. The zero-order valence-corrected chi connectivity index (χ0v) is 12.9. The molecule has 20 heavy (non-hydrogen) atoms. The van der Waals surface area contributed by atoms with Gasteiger partial charge in [-0.3, -0.25) is 0 Å². The van der Waals surface area contributed by atoms with Crippen LogP contribution in [0.1, 0.15) is 32.3 Å². The van der Waals surface area contributed by atoms with Crippen LogP contribution < -0.4 is 15.8 Å². The molecule has 4 heteroatoms. The van der Waals surface area contributed by atoms with E-state index in [4.69, 9.17) is 15.6 Å². The van der Waals surface area contributed by atoms with Crippen molar-refractivity contribution < 1.29 is 9.84 Å². The Hall–Kier alpha value is -1.10. The molecule has 2 unspecified atom stereocenters. The Morgan fingerprint density at radius 1 is 1.35 bits per heavy atom. The molecule has 0 heterocycles. The molecule has 0 radical (unpaired) electrons. The molecule has 0 fully saturated rings. The van der Waals surface area contributed by atoms with Crippen molar-refractivity contribution in [3.8, 4) is 5.75 Å². The Balaban J connectivity index is 2.71. The topological polar surface area (TPSA) is 67.5 Å². The summed E-state index contributed by atoms with van der Waals surface area (Å²) in [6.07, 6.45) is 2.60. The molecule has 0 saturated carbocycles. The Labute approximate surface area is 122 Å². The first kappa shape index (κ1) is 17.0. The van der Waals surface area contributed by atoms with Crippen molar-refractivity contribution in [1.29, 1.82) is 0 Å². The van der Waals surface area contributed by atoms with E-state index in [-0.39, 0.29) is 12.1 Å². The fourth-order valence-corrected chi connectivity index (χ4v) is 2.40. The van der Waals surface area contributed by atoms with Crippen LogP contribution in [0.3, 0.4) is 0 Å². The quantitative estimate of drug-likeness (QED) is 0.644. The lowest BCUT2D eigenvalue weighted by Gasteiger charge is -2.34. The highest BCUT2D eigenvalue weighted by molar-refractivity contribution is 5.28. The molecular weight excluding hydrogens is 252 g/mol. The first-order chi connectivity index (χ1) is 9.56. The van der Waals surface area contributed by atoms with Gasteiger partial charge in [0.25, 0.3) is 0 Å². The second-order valence-electron chi connectivity index (χ2n) is 5.55. The minimum atomic E-state index is -0.162. The largest absolute Gasteiger partial charge is 0.497 e. The molecule has 0 amide bonds. The summed E-state index contributed by atoms with van der Waals surface area (Å²) in [7, 11) is 1.67. The van der Waals surface area contributed by atoms with Gasteiger partial charge in [-0.25, -0.2) is 0 Å². The van der Waals surface area contributed by atoms with Gasteiger partial charge in [0, 0.05) is 24.7 Å². The highest BCUT2D eigenvalue weighted by Crippen LogP contribution is 2.18. The van der Waals surface area contributed by atoms with Crippen molar-refractivity contribution in [2.24, 2.45) is 5.73 Å². The zero-order chi connectivity index (χ0) is 15.0. The minimum Gasteiger partial charge on any atom is -0.497 e. The van der Waals surface area contributed by atoms with E-state index in [2.05, 4.69) is 31.3 Å². The summed E-state index contributed by atoms with van der Waals surface area (Å²) in [6, 6.07) is 8.38. The first-order valence-corrected chi connectivity index (χ1v) is 7.28. The van der Waals surface area contributed by atoms with Crippen molar-refractivity contribution in [2.75, 3.05) is 20.3 Å². The molecule has 0 aliphatic rings. The van der Waals surface area contributed by atoms with Gasteiger partial charge < -0.3 is 20.9 Å². The van der Waals surface area contributed by atoms with Gasteiger partial charge in [0.1, 0.15) is 5.75 Å². The van der Waals surface area contributed by atoms with Gasteiger partial charge in [0.05, 0.1) is 7.11 Å².